The van der Waals surface area contributed by atoms with Crippen LogP contribution in [0.15, 0.2) is 41.3 Å². The van der Waals surface area contributed by atoms with Crippen LogP contribution >= 0.6 is 0 Å². The van der Waals surface area contributed by atoms with E-state index in [1.54, 1.807) is 18.2 Å². The maximum absolute atomic E-state index is 12.7. The summed E-state index contributed by atoms with van der Waals surface area (Å²) in [6.07, 6.45) is 1.47. The van der Waals surface area contributed by atoms with Crippen LogP contribution in [0.5, 0.6) is 5.88 Å². The summed E-state index contributed by atoms with van der Waals surface area (Å²) < 4.78 is 6.90. The molecule has 0 aliphatic rings. The van der Waals surface area contributed by atoms with E-state index in [0.29, 0.717) is 34.2 Å². The second-order valence-corrected chi connectivity index (χ2v) is 5.11. The molecule has 4 aromatic rings. The van der Waals surface area contributed by atoms with Crippen molar-refractivity contribution in [2.75, 3.05) is 6.61 Å². The average molecular weight is 309 g/mol. The standard InChI is InChI=1S/C16H11N3O4/c1-2-23-16-9-4-3-5-11-14(9)10(8-17-16)15(20)12-6-7-13(18(11)12)19(21)22/h3-8H,2H2,1H3. The molecule has 0 aliphatic carbocycles. The van der Waals surface area contributed by atoms with Gasteiger partial charge in [-0.2, -0.15) is 4.40 Å². The van der Waals surface area contributed by atoms with Crippen LogP contribution in [0.2, 0.25) is 0 Å². The molecule has 0 unspecified atom stereocenters. The van der Waals surface area contributed by atoms with E-state index in [4.69, 9.17) is 4.74 Å². The van der Waals surface area contributed by atoms with Gasteiger partial charge in [0.1, 0.15) is 5.52 Å². The van der Waals surface area contributed by atoms with Crippen LogP contribution < -0.4 is 10.2 Å². The summed E-state index contributed by atoms with van der Waals surface area (Å²) in [6, 6.07) is 8.14. The minimum absolute atomic E-state index is 0.138. The number of rotatable bonds is 3. The monoisotopic (exact) mass is 309 g/mol. The van der Waals surface area contributed by atoms with E-state index < -0.39 is 4.92 Å². The molecule has 0 saturated carbocycles. The zero-order valence-corrected chi connectivity index (χ0v) is 12.1. The summed E-state index contributed by atoms with van der Waals surface area (Å²) in [5.74, 6) is 0.278. The Hall–Kier alpha value is -3.22. The SMILES string of the molecule is CCOc1ncc2c(=O)c3ccc([N+](=O)[O-])n3c3cccc1c23. The Bertz CT molecular complexity index is 1130. The third kappa shape index (κ3) is 1.70. The first-order valence-electron chi connectivity index (χ1n) is 7.09. The molecule has 0 aliphatic heterocycles. The Morgan fingerprint density at radius 2 is 2.04 bits per heavy atom. The maximum Gasteiger partial charge on any atom is 0.328 e. The number of nitro groups is 1. The maximum atomic E-state index is 12.7. The van der Waals surface area contributed by atoms with Gasteiger partial charge in [-0.25, -0.2) is 4.98 Å². The number of pyridine rings is 2. The third-order valence-electron chi connectivity index (χ3n) is 3.90. The lowest BCUT2D eigenvalue weighted by atomic mass is 10.1. The normalized spacial score (nSPS) is 11.5. The van der Waals surface area contributed by atoms with E-state index in [9.17, 15) is 14.9 Å². The van der Waals surface area contributed by atoms with Crippen LogP contribution in [0, 0.1) is 10.1 Å². The van der Waals surface area contributed by atoms with Gasteiger partial charge in [0, 0.05) is 23.0 Å². The van der Waals surface area contributed by atoms with Gasteiger partial charge in [0.2, 0.25) is 11.3 Å². The summed E-state index contributed by atoms with van der Waals surface area (Å²) in [7, 11) is 0. The molecule has 4 rings (SSSR count). The van der Waals surface area contributed by atoms with E-state index in [0.717, 1.165) is 0 Å². The molecule has 0 bridgehead atoms. The summed E-state index contributed by atoms with van der Waals surface area (Å²) >= 11 is 0. The highest BCUT2D eigenvalue weighted by Crippen LogP contribution is 2.32. The summed E-state index contributed by atoms with van der Waals surface area (Å²) in [6.45, 7) is 2.28. The number of nitrogens with zero attached hydrogens (tertiary/aromatic N) is 3. The Morgan fingerprint density at radius 1 is 1.22 bits per heavy atom. The Kier molecular flexibility index (Phi) is 2.71. The predicted molar refractivity (Wildman–Crippen MR) is 85.5 cm³/mol. The first kappa shape index (κ1) is 13.4. The summed E-state index contributed by atoms with van der Waals surface area (Å²) in [5, 5.41) is 13.0. The van der Waals surface area contributed by atoms with Crippen molar-refractivity contribution >= 4 is 33.0 Å². The van der Waals surface area contributed by atoms with Crippen molar-refractivity contribution in [3.63, 3.8) is 0 Å². The molecule has 0 N–H and O–H groups in total. The zero-order valence-electron chi connectivity index (χ0n) is 12.1. The van der Waals surface area contributed by atoms with Gasteiger partial charge in [-0.3, -0.25) is 4.79 Å². The largest absolute Gasteiger partial charge is 0.478 e. The second kappa shape index (κ2) is 4.64. The fraction of sp³-hybridized carbons (Fsp3) is 0.125. The zero-order chi connectivity index (χ0) is 16.1. The topological polar surface area (TPSA) is 86.7 Å². The molecule has 0 fully saturated rings. The smallest absolute Gasteiger partial charge is 0.328 e. The number of fused-ring (bicyclic) bond motifs is 2. The van der Waals surface area contributed by atoms with Crippen LogP contribution in [0.4, 0.5) is 5.82 Å². The Balaban J connectivity index is 2.31. The third-order valence-corrected chi connectivity index (χ3v) is 3.90. The Morgan fingerprint density at radius 3 is 2.78 bits per heavy atom. The van der Waals surface area contributed by atoms with Crippen LogP contribution in [0.3, 0.4) is 0 Å². The van der Waals surface area contributed by atoms with Gasteiger partial charge in [0.05, 0.1) is 12.0 Å². The van der Waals surface area contributed by atoms with Gasteiger partial charge in [-0.1, -0.05) is 6.07 Å². The molecule has 0 saturated heterocycles. The lowest BCUT2D eigenvalue weighted by Crippen LogP contribution is -2.09. The molecule has 3 aromatic heterocycles. The summed E-state index contributed by atoms with van der Waals surface area (Å²) in [5.41, 5.74) is 0.576. The number of hydrogen-bond acceptors (Lipinski definition) is 5. The number of hydrogen-bond donors (Lipinski definition) is 0. The summed E-state index contributed by atoms with van der Waals surface area (Å²) in [4.78, 5) is 27.7. The Labute approximate surface area is 129 Å². The van der Waals surface area contributed by atoms with Crippen molar-refractivity contribution in [1.82, 2.24) is 9.38 Å². The molecular formula is C16H11N3O4. The minimum Gasteiger partial charge on any atom is -0.478 e. The highest BCUT2D eigenvalue weighted by atomic mass is 16.6. The van der Waals surface area contributed by atoms with Gasteiger partial charge in [-0.15, -0.1) is 0 Å². The average Bonchev–Trinajstić information content (AvgIpc) is 2.99. The van der Waals surface area contributed by atoms with Gasteiger partial charge in [0.25, 0.3) is 0 Å². The fourth-order valence-corrected chi connectivity index (χ4v) is 3.01. The number of ether oxygens (including phenoxy) is 1. The highest BCUT2D eigenvalue weighted by Gasteiger charge is 2.23. The number of aromatic nitrogens is 2. The molecule has 1 aromatic carbocycles. The predicted octanol–water partition coefficient (Wildman–Crippen LogP) is 2.75. The van der Waals surface area contributed by atoms with Crippen molar-refractivity contribution in [3.8, 4) is 5.88 Å². The lowest BCUT2D eigenvalue weighted by Gasteiger charge is -2.09. The van der Waals surface area contributed by atoms with Gasteiger partial charge in [-0.05, 0) is 30.0 Å². The molecule has 0 amide bonds. The molecule has 0 atom stereocenters. The molecule has 7 nitrogen and oxygen atoms in total. The highest BCUT2D eigenvalue weighted by molar-refractivity contribution is 6.11. The van der Waals surface area contributed by atoms with Crippen molar-refractivity contribution in [2.24, 2.45) is 0 Å². The van der Waals surface area contributed by atoms with Crippen LogP contribution in [-0.2, 0) is 0 Å². The van der Waals surface area contributed by atoms with Crippen LogP contribution in [0.25, 0.3) is 27.2 Å². The molecule has 0 radical (unpaired) electrons. The van der Waals surface area contributed by atoms with Gasteiger partial charge >= 0.3 is 5.82 Å². The second-order valence-electron chi connectivity index (χ2n) is 5.11. The van der Waals surface area contributed by atoms with E-state index in [1.807, 2.05) is 6.92 Å². The molecule has 7 heteroatoms. The number of benzene rings is 1. The minimum atomic E-state index is -0.495. The van der Waals surface area contributed by atoms with Crippen molar-refractivity contribution in [1.29, 1.82) is 0 Å². The molecule has 0 spiro atoms. The van der Waals surface area contributed by atoms with E-state index in [1.165, 1.54) is 22.7 Å². The van der Waals surface area contributed by atoms with Crippen molar-refractivity contribution < 1.29 is 9.66 Å². The quantitative estimate of drug-likeness (QED) is 0.429. The first-order chi connectivity index (χ1) is 11.1. The van der Waals surface area contributed by atoms with Crippen LogP contribution in [0.1, 0.15) is 6.92 Å². The van der Waals surface area contributed by atoms with E-state index in [-0.39, 0.29) is 16.8 Å². The van der Waals surface area contributed by atoms with E-state index in [2.05, 4.69) is 4.98 Å². The molecule has 3 heterocycles. The lowest BCUT2D eigenvalue weighted by molar-refractivity contribution is -0.390. The first-order valence-corrected chi connectivity index (χ1v) is 7.09. The van der Waals surface area contributed by atoms with Gasteiger partial charge in [0.15, 0.2) is 5.52 Å². The molecular weight excluding hydrogens is 298 g/mol. The molecule has 23 heavy (non-hydrogen) atoms. The van der Waals surface area contributed by atoms with Crippen molar-refractivity contribution in [3.05, 3.63) is 56.9 Å². The van der Waals surface area contributed by atoms with E-state index >= 15 is 0 Å². The molecule has 114 valence electrons. The fourth-order valence-electron chi connectivity index (χ4n) is 3.01. The van der Waals surface area contributed by atoms with Crippen molar-refractivity contribution in [2.45, 2.75) is 6.92 Å². The van der Waals surface area contributed by atoms with Crippen LogP contribution in [-0.4, -0.2) is 20.9 Å². The van der Waals surface area contributed by atoms with Gasteiger partial charge < -0.3 is 14.9 Å².